The second-order valence-electron chi connectivity index (χ2n) is 5.57. The van der Waals surface area contributed by atoms with Crippen molar-refractivity contribution in [3.8, 4) is 0 Å². The fraction of sp³-hybridized carbons (Fsp3) is 0.467. The molecule has 5 heteroatoms. The van der Waals surface area contributed by atoms with E-state index in [1.54, 1.807) is 12.1 Å². The van der Waals surface area contributed by atoms with Crippen molar-refractivity contribution in [3.63, 3.8) is 0 Å². The molecule has 0 aliphatic heterocycles. The van der Waals surface area contributed by atoms with Gasteiger partial charge in [-0.15, -0.1) is 0 Å². The van der Waals surface area contributed by atoms with Gasteiger partial charge in [0.15, 0.2) is 0 Å². The Morgan fingerprint density at radius 1 is 1.35 bits per heavy atom. The minimum absolute atomic E-state index is 0.0489. The van der Waals surface area contributed by atoms with Crippen LogP contribution in [-0.4, -0.2) is 23.0 Å². The minimum Gasteiger partial charge on any atom is -0.481 e. The Morgan fingerprint density at radius 3 is 2.50 bits per heavy atom. The van der Waals surface area contributed by atoms with Crippen LogP contribution in [-0.2, 0) is 4.79 Å². The van der Waals surface area contributed by atoms with Crippen LogP contribution in [0.2, 0.25) is 5.02 Å². The molecule has 0 unspecified atom stereocenters. The molecule has 1 aliphatic carbocycles. The second-order valence-corrected chi connectivity index (χ2v) is 5.98. The zero-order chi connectivity index (χ0) is 14.9. The van der Waals surface area contributed by atoms with Gasteiger partial charge in [-0.25, -0.2) is 0 Å². The van der Waals surface area contributed by atoms with E-state index in [4.69, 9.17) is 16.7 Å². The van der Waals surface area contributed by atoms with E-state index >= 15 is 0 Å². The van der Waals surface area contributed by atoms with Crippen LogP contribution < -0.4 is 5.32 Å². The normalized spacial score (nSPS) is 21.4. The van der Waals surface area contributed by atoms with E-state index in [0.717, 1.165) is 5.56 Å². The number of nitrogens with one attached hydrogen (secondary N) is 1. The van der Waals surface area contributed by atoms with Gasteiger partial charge in [-0.05, 0) is 36.5 Å². The van der Waals surface area contributed by atoms with Gasteiger partial charge in [-0.1, -0.05) is 31.5 Å². The Bertz CT molecular complexity index is 536. The van der Waals surface area contributed by atoms with Crippen molar-refractivity contribution in [1.29, 1.82) is 0 Å². The van der Waals surface area contributed by atoms with Crippen molar-refractivity contribution < 1.29 is 14.7 Å². The first kappa shape index (κ1) is 14.9. The third-order valence-electron chi connectivity index (χ3n) is 3.71. The lowest BCUT2D eigenvalue weighted by Crippen LogP contribution is -2.46. The zero-order valence-corrected chi connectivity index (χ0v) is 12.3. The summed E-state index contributed by atoms with van der Waals surface area (Å²) >= 11 is 6.16. The lowest BCUT2D eigenvalue weighted by Gasteiger charge is -2.32. The summed E-state index contributed by atoms with van der Waals surface area (Å²) in [5.74, 6) is -1.01. The summed E-state index contributed by atoms with van der Waals surface area (Å²) in [5.41, 5.74) is 1.52. The van der Waals surface area contributed by atoms with Crippen LogP contribution in [0.15, 0.2) is 18.2 Å². The molecule has 0 heterocycles. The molecule has 0 atom stereocenters. The molecule has 1 saturated carbocycles. The molecule has 1 aliphatic rings. The molecule has 2 N–H and O–H groups in total. The van der Waals surface area contributed by atoms with Gasteiger partial charge in [-0.3, -0.25) is 9.59 Å². The molecule has 4 nitrogen and oxygen atoms in total. The van der Waals surface area contributed by atoms with Gasteiger partial charge in [0.2, 0.25) is 0 Å². The maximum absolute atomic E-state index is 12.0. The number of hydrogen-bond acceptors (Lipinski definition) is 2. The average molecular weight is 296 g/mol. The molecule has 20 heavy (non-hydrogen) atoms. The van der Waals surface area contributed by atoms with E-state index in [0.29, 0.717) is 29.3 Å². The quantitative estimate of drug-likeness (QED) is 0.897. The van der Waals surface area contributed by atoms with Gasteiger partial charge in [0.25, 0.3) is 5.91 Å². The number of carbonyl (C=O) groups is 2. The van der Waals surface area contributed by atoms with Crippen LogP contribution in [0.4, 0.5) is 0 Å². The number of hydrogen-bond donors (Lipinski definition) is 2. The first-order valence-electron chi connectivity index (χ1n) is 6.71. The van der Waals surface area contributed by atoms with Crippen LogP contribution in [0, 0.1) is 5.92 Å². The zero-order valence-electron chi connectivity index (χ0n) is 11.5. The van der Waals surface area contributed by atoms with Crippen LogP contribution in [0.1, 0.15) is 48.5 Å². The predicted octanol–water partition coefficient (Wildman–Crippen LogP) is 3.06. The van der Waals surface area contributed by atoms with E-state index in [9.17, 15) is 9.59 Å². The van der Waals surface area contributed by atoms with Gasteiger partial charge >= 0.3 is 5.97 Å². The number of rotatable bonds is 4. The Kier molecular flexibility index (Phi) is 4.33. The van der Waals surface area contributed by atoms with Crippen molar-refractivity contribution in [3.05, 3.63) is 34.3 Å². The first-order chi connectivity index (χ1) is 9.38. The van der Waals surface area contributed by atoms with Gasteiger partial charge in [0, 0.05) is 16.6 Å². The molecule has 1 fully saturated rings. The molecule has 2 rings (SSSR count). The lowest BCUT2D eigenvalue weighted by atomic mass is 9.80. The van der Waals surface area contributed by atoms with E-state index < -0.39 is 5.97 Å². The molecule has 1 aromatic rings. The van der Waals surface area contributed by atoms with Gasteiger partial charge < -0.3 is 10.4 Å². The summed E-state index contributed by atoms with van der Waals surface area (Å²) in [6, 6.07) is 5.23. The molecule has 0 spiro atoms. The van der Waals surface area contributed by atoms with Crippen LogP contribution in [0.5, 0.6) is 0 Å². The number of carboxylic acids is 1. The summed E-state index contributed by atoms with van der Waals surface area (Å²) in [4.78, 5) is 22.7. The fourth-order valence-corrected chi connectivity index (χ4v) is 2.74. The van der Waals surface area contributed by atoms with E-state index in [-0.39, 0.29) is 17.9 Å². The highest BCUT2D eigenvalue weighted by Gasteiger charge is 2.35. The van der Waals surface area contributed by atoms with Crippen LogP contribution >= 0.6 is 11.6 Å². The SMILES string of the molecule is CC(C)c1ccc(C(=O)NC2CC(C(=O)O)C2)cc1Cl. The van der Waals surface area contributed by atoms with E-state index in [1.807, 2.05) is 19.9 Å². The van der Waals surface area contributed by atoms with E-state index in [1.165, 1.54) is 0 Å². The summed E-state index contributed by atoms with van der Waals surface area (Å²) < 4.78 is 0. The molecule has 1 amide bonds. The van der Waals surface area contributed by atoms with Crippen molar-refractivity contribution in [2.24, 2.45) is 5.92 Å². The molecule has 0 saturated heterocycles. The summed E-state index contributed by atoms with van der Waals surface area (Å²) in [6.45, 7) is 4.09. The Morgan fingerprint density at radius 2 is 2.00 bits per heavy atom. The first-order valence-corrected chi connectivity index (χ1v) is 7.09. The maximum atomic E-state index is 12.0. The fourth-order valence-electron chi connectivity index (χ4n) is 2.34. The predicted molar refractivity (Wildman–Crippen MR) is 77.2 cm³/mol. The standard InChI is InChI=1S/C15H18ClNO3/c1-8(2)12-4-3-9(7-13(12)16)14(18)17-11-5-10(6-11)15(19)20/h3-4,7-8,10-11H,5-6H2,1-2H3,(H,17,18)(H,19,20). The number of amides is 1. The topological polar surface area (TPSA) is 66.4 Å². The van der Waals surface area contributed by atoms with Crippen molar-refractivity contribution in [2.75, 3.05) is 0 Å². The third-order valence-corrected chi connectivity index (χ3v) is 4.03. The molecule has 108 valence electrons. The number of carboxylic acid groups (broad SMARTS) is 1. The highest BCUT2D eigenvalue weighted by molar-refractivity contribution is 6.31. The van der Waals surface area contributed by atoms with Crippen molar-refractivity contribution in [2.45, 2.75) is 38.6 Å². The van der Waals surface area contributed by atoms with Gasteiger partial charge in [0.1, 0.15) is 0 Å². The molecular formula is C15H18ClNO3. The average Bonchev–Trinajstić information content (AvgIpc) is 2.31. The van der Waals surface area contributed by atoms with Crippen molar-refractivity contribution in [1.82, 2.24) is 5.32 Å². The van der Waals surface area contributed by atoms with Gasteiger partial charge in [0.05, 0.1) is 5.92 Å². The molecular weight excluding hydrogens is 278 g/mol. The van der Waals surface area contributed by atoms with Gasteiger partial charge in [-0.2, -0.15) is 0 Å². The van der Waals surface area contributed by atoms with E-state index in [2.05, 4.69) is 5.32 Å². The summed E-state index contributed by atoms with van der Waals surface area (Å²) in [6.07, 6.45) is 0.998. The Hall–Kier alpha value is -1.55. The number of carbonyl (C=O) groups excluding carboxylic acids is 1. The van der Waals surface area contributed by atoms with Crippen LogP contribution in [0.25, 0.3) is 0 Å². The smallest absolute Gasteiger partial charge is 0.306 e. The molecule has 0 aromatic heterocycles. The highest BCUT2D eigenvalue weighted by Crippen LogP contribution is 2.28. The number of benzene rings is 1. The summed E-state index contributed by atoms with van der Waals surface area (Å²) in [5, 5.41) is 12.2. The molecule has 0 radical (unpaired) electrons. The Balaban J connectivity index is 1.97. The second kappa shape index (κ2) is 5.83. The van der Waals surface area contributed by atoms with Crippen LogP contribution in [0.3, 0.4) is 0 Å². The number of aliphatic carboxylic acids is 1. The third kappa shape index (κ3) is 3.12. The highest BCUT2D eigenvalue weighted by atomic mass is 35.5. The molecule has 1 aromatic carbocycles. The summed E-state index contributed by atoms with van der Waals surface area (Å²) in [7, 11) is 0. The number of halogens is 1. The largest absolute Gasteiger partial charge is 0.481 e. The molecule has 0 bridgehead atoms. The Labute approximate surface area is 123 Å². The van der Waals surface area contributed by atoms with Crippen molar-refractivity contribution >= 4 is 23.5 Å². The minimum atomic E-state index is -0.792. The monoisotopic (exact) mass is 295 g/mol. The maximum Gasteiger partial charge on any atom is 0.306 e. The lowest BCUT2D eigenvalue weighted by molar-refractivity contribution is -0.145.